The van der Waals surface area contributed by atoms with Gasteiger partial charge in [0.2, 0.25) is 0 Å². The van der Waals surface area contributed by atoms with Crippen LogP contribution in [0, 0.1) is 0 Å². The number of anilines is 6. The Kier molecular flexibility index (Phi) is 8.79. The predicted molar refractivity (Wildman–Crippen MR) is 230 cm³/mol. The number of fused-ring (bicyclic) bond motifs is 3. The summed E-state index contributed by atoms with van der Waals surface area (Å²) >= 11 is 0. The van der Waals surface area contributed by atoms with Crippen LogP contribution in [0.3, 0.4) is 0 Å². The Morgan fingerprint density at radius 2 is 0.660 bits per heavy atom. The molecular formula is C51H48N2. The molecule has 0 radical (unpaired) electrons. The highest BCUT2D eigenvalue weighted by Crippen LogP contribution is 2.41. The first kappa shape index (κ1) is 34.2. The van der Waals surface area contributed by atoms with Gasteiger partial charge in [0.15, 0.2) is 0 Å². The minimum absolute atomic E-state index is 0.109. The third kappa shape index (κ3) is 6.78. The highest BCUT2D eigenvalue weighted by Gasteiger charge is 2.20. The zero-order chi connectivity index (χ0) is 36.7. The van der Waals surface area contributed by atoms with Crippen LogP contribution in [0.15, 0.2) is 170 Å². The number of nitrogens with zero attached hydrogens (tertiary/aromatic N) is 2. The van der Waals surface area contributed by atoms with Gasteiger partial charge in [-0.2, -0.15) is 0 Å². The van der Waals surface area contributed by atoms with Gasteiger partial charge in [0.05, 0.1) is 0 Å². The van der Waals surface area contributed by atoms with Crippen LogP contribution in [0.1, 0.15) is 59.1 Å². The molecule has 8 aromatic rings. The van der Waals surface area contributed by atoms with E-state index in [1.54, 1.807) is 0 Å². The lowest BCUT2D eigenvalue weighted by atomic mass is 9.81. The van der Waals surface area contributed by atoms with Crippen LogP contribution in [-0.2, 0) is 10.8 Å². The molecule has 8 aromatic carbocycles. The molecule has 0 N–H and O–H groups in total. The van der Waals surface area contributed by atoms with Crippen molar-refractivity contribution in [3.8, 4) is 0 Å². The van der Waals surface area contributed by atoms with E-state index in [2.05, 4.69) is 221 Å². The van der Waals surface area contributed by atoms with Crippen molar-refractivity contribution in [1.82, 2.24) is 0 Å². The van der Waals surface area contributed by atoms with Gasteiger partial charge in [-0.1, -0.05) is 139 Å². The molecule has 0 heterocycles. The van der Waals surface area contributed by atoms with Gasteiger partial charge in [0, 0.05) is 34.1 Å². The van der Waals surface area contributed by atoms with Gasteiger partial charge in [0.1, 0.15) is 0 Å². The minimum Gasteiger partial charge on any atom is -0.310 e. The molecule has 0 fully saturated rings. The largest absolute Gasteiger partial charge is 0.310 e. The van der Waals surface area contributed by atoms with Gasteiger partial charge >= 0.3 is 0 Å². The van der Waals surface area contributed by atoms with Gasteiger partial charge in [-0.05, 0) is 133 Å². The number of hydrogen-bond donors (Lipinski definition) is 0. The molecule has 0 atom stereocenters. The standard InChI is InChI=1S/C51H48N2/c1-7-51(5,6)43-25-19-39-33-47(27-21-37(39)31-43)53(45-16-12-9-13-17-45)49-29-23-40-34-48(28-22-41(40)35-49)52(44-14-10-8-11-15-44)46-26-20-36-30-42(50(2,3)4)24-18-38(36)32-46/h8-35H,7H2,1-6H3. The van der Waals surface area contributed by atoms with E-state index < -0.39 is 0 Å². The van der Waals surface area contributed by atoms with Crippen molar-refractivity contribution in [2.45, 2.75) is 58.8 Å². The maximum atomic E-state index is 2.37. The summed E-state index contributed by atoms with van der Waals surface area (Å²) in [5.74, 6) is 0. The maximum Gasteiger partial charge on any atom is 0.0468 e. The van der Waals surface area contributed by atoms with Crippen molar-refractivity contribution in [3.63, 3.8) is 0 Å². The summed E-state index contributed by atoms with van der Waals surface area (Å²) in [6.45, 7) is 13.7. The molecule has 53 heavy (non-hydrogen) atoms. The predicted octanol–water partition coefficient (Wildman–Crippen LogP) is 15.1. The molecule has 2 heteroatoms. The van der Waals surface area contributed by atoms with E-state index in [4.69, 9.17) is 0 Å². The second-order valence-electron chi connectivity index (χ2n) is 16.0. The number of para-hydroxylation sites is 2. The van der Waals surface area contributed by atoms with E-state index in [1.165, 1.54) is 43.4 Å². The molecule has 0 aliphatic heterocycles. The van der Waals surface area contributed by atoms with E-state index in [9.17, 15) is 0 Å². The molecule has 0 bridgehead atoms. The van der Waals surface area contributed by atoms with Crippen LogP contribution in [0.2, 0.25) is 0 Å². The molecule has 262 valence electrons. The van der Waals surface area contributed by atoms with Crippen LogP contribution in [0.4, 0.5) is 34.1 Å². The monoisotopic (exact) mass is 688 g/mol. The number of benzene rings is 8. The SMILES string of the molecule is CCC(C)(C)c1ccc2cc(N(c3ccccc3)c3ccc4cc(N(c5ccccc5)c5ccc6cc(C(C)(C)C)ccc6c5)ccc4c3)ccc2c1. The second kappa shape index (κ2) is 13.6. The average Bonchev–Trinajstić information content (AvgIpc) is 3.18. The summed E-state index contributed by atoms with van der Waals surface area (Å²) in [6.07, 6.45) is 1.11. The molecule has 0 saturated carbocycles. The van der Waals surface area contributed by atoms with Crippen LogP contribution in [-0.4, -0.2) is 0 Å². The van der Waals surface area contributed by atoms with Crippen LogP contribution in [0.5, 0.6) is 0 Å². The molecule has 0 saturated heterocycles. The first-order valence-electron chi connectivity index (χ1n) is 18.9. The van der Waals surface area contributed by atoms with Crippen molar-refractivity contribution >= 4 is 66.4 Å². The number of hydrogen-bond acceptors (Lipinski definition) is 2. The van der Waals surface area contributed by atoms with Crippen molar-refractivity contribution in [2.24, 2.45) is 0 Å². The quantitative estimate of drug-likeness (QED) is 0.157. The normalized spacial score (nSPS) is 12.0. The molecular weight excluding hydrogens is 641 g/mol. The molecule has 0 spiro atoms. The van der Waals surface area contributed by atoms with Crippen molar-refractivity contribution < 1.29 is 0 Å². The Morgan fingerprint density at radius 1 is 0.340 bits per heavy atom. The van der Waals surface area contributed by atoms with E-state index >= 15 is 0 Å². The molecule has 0 aliphatic rings. The van der Waals surface area contributed by atoms with Crippen molar-refractivity contribution in [3.05, 3.63) is 181 Å². The van der Waals surface area contributed by atoms with E-state index in [0.717, 1.165) is 40.5 Å². The summed E-state index contributed by atoms with van der Waals surface area (Å²) < 4.78 is 0. The fourth-order valence-electron chi connectivity index (χ4n) is 7.38. The number of rotatable bonds is 8. The van der Waals surface area contributed by atoms with Gasteiger partial charge in [0.25, 0.3) is 0 Å². The lowest BCUT2D eigenvalue weighted by molar-refractivity contribution is 0.507. The topological polar surface area (TPSA) is 6.48 Å². The average molecular weight is 689 g/mol. The minimum atomic E-state index is 0.109. The first-order valence-corrected chi connectivity index (χ1v) is 18.9. The Morgan fingerprint density at radius 3 is 1.02 bits per heavy atom. The van der Waals surface area contributed by atoms with Gasteiger partial charge in [-0.15, -0.1) is 0 Å². The van der Waals surface area contributed by atoms with Crippen molar-refractivity contribution in [2.75, 3.05) is 9.80 Å². The molecule has 0 amide bonds. The summed E-state index contributed by atoms with van der Waals surface area (Å²) in [5, 5.41) is 7.41. The third-order valence-corrected chi connectivity index (χ3v) is 11.0. The van der Waals surface area contributed by atoms with Gasteiger partial charge in [-0.3, -0.25) is 0 Å². The zero-order valence-corrected chi connectivity index (χ0v) is 31.8. The van der Waals surface area contributed by atoms with E-state index in [0.29, 0.717) is 0 Å². The molecule has 2 nitrogen and oxygen atoms in total. The van der Waals surface area contributed by atoms with E-state index in [-0.39, 0.29) is 10.8 Å². The van der Waals surface area contributed by atoms with Crippen LogP contribution in [0.25, 0.3) is 32.3 Å². The van der Waals surface area contributed by atoms with E-state index in [1.807, 2.05) is 0 Å². The second-order valence-corrected chi connectivity index (χ2v) is 16.0. The summed E-state index contributed by atoms with van der Waals surface area (Å²) in [5.41, 5.74) is 9.79. The maximum absolute atomic E-state index is 2.37. The Bertz CT molecular complexity index is 2560. The highest BCUT2D eigenvalue weighted by molar-refractivity contribution is 5.96. The first-order chi connectivity index (χ1) is 25.6. The Hall–Kier alpha value is -5.86. The summed E-state index contributed by atoms with van der Waals surface area (Å²) in [7, 11) is 0. The molecule has 8 rings (SSSR count). The third-order valence-electron chi connectivity index (χ3n) is 11.0. The fourth-order valence-corrected chi connectivity index (χ4v) is 7.38. The Labute approximate surface area is 315 Å². The molecule has 0 aliphatic carbocycles. The van der Waals surface area contributed by atoms with Crippen LogP contribution >= 0.6 is 0 Å². The highest BCUT2D eigenvalue weighted by atomic mass is 15.1. The molecule has 0 unspecified atom stereocenters. The lowest BCUT2D eigenvalue weighted by Gasteiger charge is -2.28. The zero-order valence-electron chi connectivity index (χ0n) is 31.8. The van der Waals surface area contributed by atoms with Crippen LogP contribution < -0.4 is 9.80 Å². The summed E-state index contributed by atoms with van der Waals surface area (Å²) in [6, 6.07) is 62.6. The fraction of sp³-hybridized carbons (Fsp3) is 0.176. The molecule has 0 aromatic heterocycles. The summed E-state index contributed by atoms with van der Waals surface area (Å²) in [4.78, 5) is 4.73. The van der Waals surface area contributed by atoms with Crippen molar-refractivity contribution in [1.29, 1.82) is 0 Å². The Balaban J connectivity index is 1.19. The van der Waals surface area contributed by atoms with Gasteiger partial charge in [-0.25, -0.2) is 0 Å². The smallest absolute Gasteiger partial charge is 0.0468 e. The lowest BCUT2D eigenvalue weighted by Crippen LogP contribution is -2.15. The van der Waals surface area contributed by atoms with Gasteiger partial charge < -0.3 is 9.80 Å².